The van der Waals surface area contributed by atoms with E-state index in [1.165, 1.54) is 12.8 Å². The van der Waals surface area contributed by atoms with Crippen LogP contribution in [0.25, 0.3) is 10.9 Å². The molecule has 3 aliphatic rings. The Morgan fingerprint density at radius 2 is 1.69 bits per heavy atom. The number of amidine groups is 1. The van der Waals surface area contributed by atoms with Crippen molar-refractivity contribution in [1.29, 1.82) is 0 Å². The third kappa shape index (κ3) is 5.96. The number of ether oxygens (including phenoxy) is 1. The lowest BCUT2D eigenvalue weighted by molar-refractivity contribution is -0.114. The van der Waals surface area contributed by atoms with Crippen molar-refractivity contribution in [2.75, 3.05) is 57.8 Å². The van der Waals surface area contributed by atoms with E-state index < -0.39 is 0 Å². The van der Waals surface area contributed by atoms with Gasteiger partial charge in [-0.15, -0.1) is 0 Å². The van der Waals surface area contributed by atoms with Crippen molar-refractivity contribution in [2.24, 2.45) is 10.9 Å². The molecule has 6 rings (SSSR count). The number of carbonyl (C=O) groups excluding carboxylic acids is 1. The number of carbonyl (C=O) groups is 1. The summed E-state index contributed by atoms with van der Waals surface area (Å²) in [6.07, 6.45) is 6.78. The van der Waals surface area contributed by atoms with E-state index in [0.717, 1.165) is 85.3 Å². The molecule has 2 aromatic carbocycles. The minimum absolute atomic E-state index is 0.167. The molecule has 0 aliphatic carbocycles. The van der Waals surface area contributed by atoms with E-state index in [2.05, 4.69) is 37.8 Å². The topological polar surface area (TPSA) is 74.2 Å². The van der Waals surface area contributed by atoms with Gasteiger partial charge >= 0.3 is 0 Å². The highest BCUT2D eigenvalue weighted by molar-refractivity contribution is 6.11. The number of fused-ring (bicyclic) bond motifs is 1. The van der Waals surface area contributed by atoms with Gasteiger partial charge in [-0.05, 0) is 62.7 Å². The highest BCUT2D eigenvalue weighted by atomic mass is 16.5. The summed E-state index contributed by atoms with van der Waals surface area (Å²) in [6, 6.07) is 16.2. The van der Waals surface area contributed by atoms with Gasteiger partial charge in [-0.1, -0.05) is 30.3 Å². The number of aromatic nitrogens is 2. The number of hydrogen-bond acceptors (Lipinski definition) is 8. The molecule has 2 saturated heterocycles. The van der Waals surface area contributed by atoms with Crippen LogP contribution in [0.4, 0.5) is 5.82 Å². The van der Waals surface area contributed by atoms with Gasteiger partial charge in [0.25, 0.3) is 0 Å². The van der Waals surface area contributed by atoms with Gasteiger partial charge in [0.05, 0.1) is 18.5 Å². The zero-order chi connectivity index (χ0) is 26.6. The SMILES string of the molecule is CN1CCC(COc2ccc3ncnc(N4CCN(C5=NC=C(Cc6ccccc6)C(=O)C5)CC4)c3c2)CC1. The van der Waals surface area contributed by atoms with E-state index in [1.54, 1.807) is 12.5 Å². The van der Waals surface area contributed by atoms with Crippen LogP contribution in [0.2, 0.25) is 0 Å². The number of piperazine rings is 1. The normalized spacial score (nSPS) is 19.3. The summed E-state index contributed by atoms with van der Waals surface area (Å²) in [7, 11) is 2.18. The molecule has 0 amide bonds. The molecule has 8 heteroatoms. The first kappa shape index (κ1) is 25.5. The monoisotopic (exact) mass is 524 g/mol. The Balaban J connectivity index is 1.10. The predicted octanol–water partition coefficient (Wildman–Crippen LogP) is 3.97. The molecule has 0 unspecified atom stereocenters. The maximum Gasteiger partial charge on any atom is 0.168 e. The molecule has 0 bridgehead atoms. The van der Waals surface area contributed by atoms with Gasteiger partial charge in [0.1, 0.15) is 23.7 Å². The molecule has 0 saturated carbocycles. The fraction of sp³-hybridized carbons (Fsp3) is 0.419. The zero-order valence-corrected chi connectivity index (χ0v) is 22.6. The van der Waals surface area contributed by atoms with Gasteiger partial charge in [0.2, 0.25) is 0 Å². The number of anilines is 1. The summed E-state index contributed by atoms with van der Waals surface area (Å²) in [5.41, 5.74) is 2.84. The third-order valence-electron chi connectivity index (χ3n) is 8.14. The predicted molar refractivity (Wildman–Crippen MR) is 154 cm³/mol. The fourth-order valence-electron chi connectivity index (χ4n) is 5.66. The van der Waals surface area contributed by atoms with Crippen LogP contribution in [0.5, 0.6) is 5.75 Å². The van der Waals surface area contributed by atoms with Crippen molar-refractivity contribution < 1.29 is 9.53 Å². The Morgan fingerprint density at radius 1 is 0.923 bits per heavy atom. The molecular formula is C31H36N6O2. The summed E-state index contributed by atoms with van der Waals surface area (Å²) in [5, 5.41) is 1.02. The van der Waals surface area contributed by atoms with Crippen molar-refractivity contribution in [3.8, 4) is 5.75 Å². The van der Waals surface area contributed by atoms with Gasteiger partial charge in [-0.2, -0.15) is 0 Å². The Hall–Kier alpha value is -3.78. The standard InChI is InChI=1S/C31H36N6O2/c1-35-11-9-24(10-12-35)21-39-26-7-8-28-27(18-26)31(34-22-33-28)37-15-13-36(14-16-37)30-19-29(38)25(20-32-30)17-23-5-3-2-4-6-23/h2-8,18,20,22,24H,9-17,19,21H2,1H3. The molecule has 3 aliphatic heterocycles. The van der Waals surface area contributed by atoms with E-state index in [0.29, 0.717) is 18.8 Å². The summed E-state index contributed by atoms with van der Waals surface area (Å²) in [5.74, 6) is 3.46. The number of Topliss-reactive ketones (excluding diaryl/α,β-unsaturated/α-hetero) is 1. The highest BCUT2D eigenvalue weighted by Crippen LogP contribution is 2.29. The Bertz CT molecular complexity index is 1370. The number of aliphatic imine (C=N–C) groups is 1. The molecule has 4 heterocycles. The number of likely N-dealkylation sites (tertiary alicyclic amines) is 1. The second-order valence-corrected chi connectivity index (χ2v) is 10.9. The fourth-order valence-corrected chi connectivity index (χ4v) is 5.66. The second kappa shape index (κ2) is 11.5. The van der Waals surface area contributed by atoms with Crippen LogP contribution in [-0.4, -0.2) is 84.3 Å². The molecule has 0 radical (unpaired) electrons. The lowest BCUT2D eigenvalue weighted by Crippen LogP contribution is -2.49. The molecule has 3 aromatic rings. The third-order valence-corrected chi connectivity index (χ3v) is 8.14. The molecular weight excluding hydrogens is 488 g/mol. The van der Waals surface area contributed by atoms with Gasteiger partial charge in [-0.25, -0.2) is 15.0 Å². The van der Waals surface area contributed by atoms with Crippen molar-refractivity contribution in [3.05, 3.63) is 72.2 Å². The van der Waals surface area contributed by atoms with Crippen LogP contribution in [0.15, 0.2) is 71.6 Å². The highest BCUT2D eigenvalue weighted by Gasteiger charge is 2.26. The first-order valence-electron chi connectivity index (χ1n) is 14.0. The Labute approximate surface area is 230 Å². The largest absolute Gasteiger partial charge is 0.493 e. The van der Waals surface area contributed by atoms with E-state index in [-0.39, 0.29) is 5.78 Å². The lowest BCUT2D eigenvalue weighted by atomic mass is 9.98. The van der Waals surface area contributed by atoms with Crippen molar-refractivity contribution >= 4 is 28.3 Å². The number of nitrogens with zero attached hydrogens (tertiary/aromatic N) is 6. The van der Waals surface area contributed by atoms with E-state index in [9.17, 15) is 4.79 Å². The summed E-state index contributed by atoms with van der Waals surface area (Å²) in [6.45, 7) is 6.24. The molecule has 1 aromatic heterocycles. The van der Waals surface area contributed by atoms with E-state index >= 15 is 0 Å². The molecule has 2 fully saturated rings. The van der Waals surface area contributed by atoms with Crippen molar-refractivity contribution in [2.45, 2.75) is 25.7 Å². The minimum Gasteiger partial charge on any atom is -0.493 e. The van der Waals surface area contributed by atoms with Gasteiger partial charge < -0.3 is 19.4 Å². The lowest BCUT2D eigenvalue weighted by Gasteiger charge is -2.37. The molecule has 202 valence electrons. The number of hydrogen-bond donors (Lipinski definition) is 0. The number of benzene rings is 2. The Morgan fingerprint density at radius 3 is 2.46 bits per heavy atom. The molecule has 39 heavy (non-hydrogen) atoms. The number of rotatable bonds is 6. The summed E-state index contributed by atoms with van der Waals surface area (Å²) < 4.78 is 6.23. The summed E-state index contributed by atoms with van der Waals surface area (Å²) in [4.78, 5) is 33.7. The molecule has 8 nitrogen and oxygen atoms in total. The average Bonchev–Trinajstić information content (AvgIpc) is 2.98. The van der Waals surface area contributed by atoms with Crippen LogP contribution < -0.4 is 9.64 Å². The number of allylic oxidation sites excluding steroid dienone is 1. The number of piperidine rings is 1. The molecule has 0 N–H and O–H groups in total. The molecule has 0 atom stereocenters. The van der Waals surface area contributed by atoms with E-state index in [4.69, 9.17) is 9.73 Å². The van der Waals surface area contributed by atoms with Crippen LogP contribution in [0, 0.1) is 5.92 Å². The van der Waals surface area contributed by atoms with Gasteiger partial charge in [0, 0.05) is 49.8 Å². The quantitative estimate of drug-likeness (QED) is 0.483. The second-order valence-electron chi connectivity index (χ2n) is 10.9. The first-order valence-corrected chi connectivity index (χ1v) is 14.0. The smallest absolute Gasteiger partial charge is 0.168 e. The Kier molecular flexibility index (Phi) is 7.54. The average molecular weight is 525 g/mol. The van der Waals surface area contributed by atoms with Gasteiger partial charge in [0.15, 0.2) is 5.78 Å². The zero-order valence-electron chi connectivity index (χ0n) is 22.6. The maximum absolute atomic E-state index is 12.9. The first-order chi connectivity index (χ1) is 19.1. The minimum atomic E-state index is 0.167. The van der Waals surface area contributed by atoms with Crippen LogP contribution >= 0.6 is 0 Å². The van der Waals surface area contributed by atoms with Crippen LogP contribution in [0.3, 0.4) is 0 Å². The maximum atomic E-state index is 12.9. The summed E-state index contributed by atoms with van der Waals surface area (Å²) >= 11 is 0. The van der Waals surface area contributed by atoms with E-state index in [1.807, 2.05) is 42.5 Å². The van der Waals surface area contributed by atoms with Gasteiger partial charge in [-0.3, -0.25) is 4.79 Å². The number of ketones is 1. The molecule has 0 spiro atoms. The van der Waals surface area contributed by atoms with Crippen molar-refractivity contribution in [3.63, 3.8) is 0 Å². The van der Waals surface area contributed by atoms with Crippen LogP contribution in [0.1, 0.15) is 24.8 Å². The van der Waals surface area contributed by atoms with Crippen LogP contribution in [-0.2, 0) is 11.2 Å². The van der Waals surface area contributed by atoms with Crippen molar-refractivity contribution in [1.82, 2.24) is 19.8 Å².